The van der Waals surface area contributed by atoms with E-state index in [9.17, 15) is 9.59 Å². The van der Waals surface area contributed by atoms with Gasteiger partial charge >= 0.3 is 0 Å². The summed E-state index contributed by atoms with van der Waals surface area (Å²) in [6.07, 6.45) is 0. The lowest BCUT2D eigenvalue weighted by Crippen LogP contribution is -2.50. The molecule has 4 nitrogen and oxygen atoms in total. The molecule has 0 saturated carbocycles. The Hall–Kier alpha value is -1.06. The zero-order chi connectivity index (χ0) is 13.6. The van der Waals surface area contributed by atoms with Gasteiger partial charge in [-0.3, -0.25) is 9.59 Å². The summed E-state index contributed by atoms with van der Waals surface area (Å²) < 4.78 is 0. The van der Waals surface area contributed by atoms with Gasteiger partial charge in [-0.1, -0.05) is 13.8 Å². The van der Waals surface area contributed by atoms with E-state index >= 15 is 0 Å². The first-order valence-electron chi connectivity index (χ1n) is 6.35. The minimum atomic E-state index is -0.985. The Labute approximate surface area is 105 Å². The lowest BCUT2D eigenvalue weighted by molar-refractivity contribution is -0.148. The second kappa shape index (κ2) is 6.62. The van der Waals surface area contributed by atoms with Crippen LogP contribution >= 0.6 is 0 Å². The SMILES string of the molecule is CCN(CC)C(=O)C(C)(C)C(=O)NCC(C)C. The summed E-state index contributed by atoms with van der Waals surface area (Å²) in [6, 6.07) is 0. The standard InChI is InChI=1S/C13H26N2O2/c1-7-15(8-2)12(17)13(5,6)11(16)14-9-10(3)4/h10H,7-9H2,1-6H3,(H,14,16). The van der Waals surface area contributed by atoms with E-state index in [0.717, 1.165) is 0 Å². The van der Waals surface area contributed by atoms with Gasteiger partial charge in [0.2, 0.25) is 11.8 Å². The molecule has 0 aliphatic heterocycles. The van der Waals surface area contributed by atoms with Gasteiger partial charge in [-0.2, -0.15) is 0 Å². The summed E-state index contributed by atoms with van der Waals surface area (Å²) >= 11 is 0. The first-order chi connectivity index (χ1) is 7.77. The van der Waals surface area contributed by atoms with Crippen LogP contribution < -0.4 is 5.32 Å². The summed E-state index contributed by atoms with van der Waals surface area (Å²) in [4.78, 5) is 25.9. The van der Waals surface area contributed by atoms with Crippen LogP contribution in [-0.2, 0) is 9.59 Å². The van der Waals surface area contributed by atoms with Crippen LogP contribution in [0.4, 0.5) is 0 Å². The molecule has 0 bridgehead atoms. The summed E-state index contributed by atoms with van der Waals surface area (Å²) in [6.45, 7) is 13.1. The number of rotatable bonds is 6. The van der Waals surface area contributed by atoms with Crippen molar-refractivity contribution in [1.29, 1.82) is 0 Å². The normalized spacial score (nSPS) is 11.5. The van der Waals surface area contributed by atoms with E-state index in [0.29, 0.717) is 25.6 Å². The molecule has 0 radical (unpaired) electrons. The van der Waals surface area contributed by atoms with Gasteiger partial charge in [-0.15, -0.1) is 0 Å². The Balaban J connectivity index is 4.63. The van der Waals surface area contributed by atoms with E-state index in [1.165, 1.54) is 0 Å². The monoisotopic (exact) mass is 242 g/mol. The van der Waals surface area contributed by atoms with Crippen molar-refractivity contribution in [2.24, 2.45) is 11.3 Å². The topological polar surface area (TPSA) is 49.4 Å². The molecule has 0 unspecified atom stereocenters. The van der Waals surface area contributed by atoms with Crippen molar-refractivity contribution < 1.29 is 9.59 Å². The molecule has 0 heterocycles. The van der Waals surface area contributed by atoms with Crippen LogP contribution in [0.1, 0.15) is 41.5 Å². The fraction of sp³-hybridized carbons (Fsp3) is 0.846. The lowest BCUT2D eigenvalue weighted by Gasteiger charge is -2.29. The summed E-state index contributed by atoms with van der Waals surface area (Å²) in [7, 11) is 0. The quantitative estimate of drug-likeness (QED) is 0.720. The average molecular weight is 242 g/mol. The fourth-order valence-corrected chi connectivity index (χ4v) is 1.52. The van der Waals surface area contributed by atoms with Crippen molar-refractivity contribution in [2.45, 2.75) is 41.5 Å². The second-order valence-electron chi connectivity index (χ2n) is 5.21. The van der Waals surface area contributed by atoms with E-state index in [1.807, 2.05) is 27.7 Å². The molecule has 2 amide bonds. The maximum absolute atomic E-state index is 12.2. The van der Waals surface area contributed by atoms with Gasteiger partial charge in [0, 0.05) is 19.6 Å². The Morgan fingerprint density at radius 2 is 1.65 bits per heavy atom. The fourth-order valence-electron chi connectivity index (χ4n) is 1.52. The van der Waals surface area contributed by atoms with Crippen molar-refractivity contribution >= 4 is 11.8 Å². The third-order valence-electron chi connectivity index (χ3n) is 2.82. The molecule has 0 fully saturated rings. The van der Waals surface area contributed by atoms with E-state index in [2.05, 4.69) is 5.32 Å². The van der Waals surface area contributed by atoms with Crippen LogP contribution in [0.2, 0.25) is 0 Å². The number of nitrogens with one attached hydrogen (secondary N) is 1. The van der Waals surface area contributed by atoms with Gasteiger partial charge in [0.1, 0.15) is 5.41 Å². The molecule has 0 spiro atoms. The molecule has 0 aliphatic rings. The van der Waals surface area contributed by atoms with Crippen LogP contribution in [0.5, 0.6) is 0 Å². The highest BCUT2D eigenvalue weighted by Gasteiger charge is 2.38. The third kappa shape index (κ3) is 4.36. The predicted octanol–water partition coefficient (Wildman–Crippen LogP) is 1.65. The highest BCUT2D eigenvalue weighted by atomic mass is 16.2. The van der Waals surface area contributed by atoms with Gasteiger partial charge in [-0.25, -0.2) is 0 Å². The average Bonchev–Trinajstić information content (AvgIpc) is 2.27. The highest BCUT2D eigenvalue weighted by Crippen LogP contribution is 2.19. The van der Waals surface area contributed by atoms with Crippen molar-refractivity contribution in [3.8, 4) is 0 Å². The Bertz CT molecular complexity index is 269. The zero-order valence-electron chi connectivity index (χ0n) is 12.0. The zero-order valence-corrected chi connectivity index (χ0v) is 12.0. The molecule has 100 valence electrons. The molecular formula is C13H26N2O2. The van der Waals surface area contributed by atoms with Crippen LogP contribution in [0, 0.1) is 11.3 Å². The van der Waals surface area contributed by atoms with Crippen LogP contribution in [0.3, 0.4) is 0 Å². The van der Waals surface area contributed by atoms with Gasteiger partial charge in [0.25, 0.3) is 0 Å². The minimum Gasteiger partial charge on any atom is -0.355 e. The summed E-state index contributed by atoms with van der Waals surface area (Å²) in [5.41, 5.74) is -0.985. The summed E-state index contributed by atoms with van der Waals surface area (Å²) in [5, 5.41) is 2.82. The first kappa shape index (κ1) is 15.9. The van der Waals surface area contributed by atoms with Gasteiger partial charge in [0.15, 0.2) is 0 Å². The number of carbonyl (C=O) groups excluding carboxylic acids is 2. The molecule has 17 heavy (non-hydrogen) atoms. The second-order valence-corrected chi connectivity index (χ2v) is 5.21. The Morgan fingerprint density at radius 3 is 2.00 bits per heavy atom. The highest BCUT2D eigenvalue weighted by molar-refractivity contribution is 6.04. The van der Waals surface area contributed by atoms with Gasteiger partial charge < -0.3 is 10.2 Å². The van der Waals surface area contributed by atoms with Crippen molar-refractivity contribution in [2.75, 3.05) is 19.6 Å². The van der Waals surface area contributed by atoms with E-state index in [-0.39, 0.29) is 11.8 Å². The molecule has 0 aliphatic carbocycles. The molecule has 1 N–H and O–H groups in total. The van der Waals surface area contributed by atoms with Crippen molar-refractivity contribution in [3.63, 3.8) is 0 Å². The molecule has 0 aromatic rings. The van der Waals surface area contributed by atoms with E-state index in [4.69, 9.17) is 0 Å². The van der Waals surface area contributed by atoms with E-state index < -0.39 is 5.41 Å². The molecular weight excluding hydrogens is 216 g/mol. The smallest absolute Gasteiger partial charge is 0.237 e. The molecule has 0 saturated heterocycles. The molecule has 0 aromatic heterocycles. The minimum absolute atomic E-state index is 0.108. The maximum atomic E-state index is 12.2. The van der Waals surface area contributed by atoms with E-state index in [1.54, 1.807) is 18.7 Å². The number of nitrogens with zero attached hydrogens (tertiary/aromatic N) is 1. The van der Waals surface area contributed by atoms with Crippen LogP contribution in [0.15, 0.2) is 0 Å². The Morgan fingerprint density at radius 1 is 1.18 bits per heavy atom. The van der Waals surface area contributed by atoms with Crippen LogP contribution in [-0.4, -0.2) is 36.3 Å². The lowest BCUT2D eigenvalue weighted by atomic mass is 9.90. The number of carbonyl (C=O) groups is 2. The van der Waals surface area contributed by atoms with Crippen molar-refractivity contribution in [1.82, 2.24) is 10.2 Å². The number of amides is 2. The predicted molar refractivity (Wildman–Crippen MR) is 69.6 cm³/mol. The Kier molecular flexibility index (Phi) is 6.21. The van der Waals surface area contributed by atoms with Gasteiger partial charge in [0.05, 0.1) is 0 Å². The molecule has 4 heteroatoms. The van der Waals surface area contributed by atoms with Crippen molar-refractivity contribution in [3.05, 3.63) is 0 Å². The maximum Gasteiger partial charge on any atom is 0.237 e. The molecule has 0 atom stereocenters. The first-order valence-corrected chi connectivity index (χ1v) is 6.35. The molecule has 0 aromatic carbocycles. The third-order valence-corrected chi connectivity index (χ3v) is 2.82. The molecule has 0 rings (SSSR count). The van der Waals surface area contributed by atoms with Gasteiger partial charge in [-0.05, 0) is 33.6 Å². The van der Waals surface area contributed by atoms with Crippen LogP contribution in [0.25, 0.3) is 0 Å². The summed E-state index contributed by atoms with van der Waals surface area (Å²) in [5.74, 6) is 0.0881. The largest absolute Gasteiger partial charge is 0.355 e. The number of hydrogen-bond donors (Lipinski definition) is 1. The number of hydrogen-bond acceptors (Lipinski definition) is 2.